The van der Waals surface area contributed by atoms with Crippen molar-refractivity contribution in [2.45, 2.75) is 39.0 Å². The zero-order valence-corrected chi connectivity index (χ0v) is 18.1. The van der Waals surface area contributed by atoms with Gasteiger partial charge in [-0.15, -0.1) is 22.7 Å². The highest BCUT2D eigenvalue weighted by Gasteiger charge is 2.32. The minimum absolute atomic E-state index is 0.311. The van der Waals surface area contributed by atoms with E-state index in [-0.39, 0.29) is 5.91 Å². The Morgan fingerprint density at radius 2 is 2.10 bits per heavy atom. The molecule has 9 heteroatoms. The number of rotatable bonds is 4. The highest BCUT2D eigenvalue weighted by molar-refractivity contribution is 7.23. The lowest BCUT2D eigenvalue weighted by molar-refractivity contribution is -0.137. The summed E-state index contributed by atoms with van der Waals surface area (Å²) in [6.07, 6.45) is -2.41. The van der Waals surface area contributed by atoms with E-state index in [1.54, 1.807) is 0 Å². The molecule has 0 spiro atoms. The molecule has 3 heterocycles. The highest BCUT2D eigenvalue weighted by atomic mass is 32.1. The summed E-state index contributed by atoms with van der Waals surface area (Å²) in [6.45, 7) is 9.45. The number of anilines is 1. The van der Waals surface area contributed by atoms with Crippen molar-refractivity contribution in [2.75, 3.05) is 11.9 Å². The van der Waals surface area contributed by atoms with Gasteiger partial charge in [0.15, 0.2) is 0 Å². The third-order valence-corrected chi connectivity index (χ3v) is 7.35. The number of nitrogens with zero attached hydrogens (tertiary/aromatic N) is 2. The van der Waals surface area contributed by atoms with E-state index >= 15 is 0 Å². The van der Waals surface area contributed by atoms with E-state index in [1.807, 2.05) is 0 Å². The van der Waals surface area contributed by atoms with Gasteiger partial charge in [-0.05, 0) is 50.1 Å². The van der Waals surface area contributed by atoms with Crippen LogP contribution in [0.1, 0.15) is 29.9 Å². The van der Waals surface area contributed by atoms with Crippen LogP contribution in [0.3, 0.4) is 0 Å². The van der Waals surface area contributed by atoms with E-state index in [1.165, 1.54) is 34.8 Å². The lowest BCUT2D eigenvalue weighted by Crippen LogP contribution is -2.35. The van der Waals surface area contributed by atoms with Crippen molar-refractivity contribution in [3.8, 4) is 10.6 Å². The van der Waals surface area contributed by atoms with Crippen LogP contribution in [0, 0.1) is 0 Å². The molecule has 0 radical (unpaired) electrons. The van der Waals surface area contributed by atoms with Crippen LogP contribution < -0.4 is 5.32 Å². The summed E-state index contributed by atoms with van der Waals surface area (Å²) in [7, 11) is 0. The second-order valence-electron chi connectivity index (χ2n) is 7.41. The summed E-state index contributed by atoms with van der Waals surface area (Å²) < 4.78 is 39.9. The number of nitrogens with one attached hydrogen (secondary N) is 1. The third-order valence-electron chi connectivity index (χ3n) is 5.17. The molecule has 158 valence electrons. The third kappa shape index (κ3) is 3.89. The van der Waals surface area contributed by atoms with Crippen molar-refractivity contribution in [3.05, 3.63) is 46.9 Å². The number of fused-ring (bicyclic) bond motifs is 2. The quantitative estimate of drug-likeness (QED) is 0.500. The maximum absolute atomic E-state index is 13.1. The Balaban J connectivity index is 1.82. The van der Waals surface area contributed by atoms with Gasteiger partial charge in [0.2, 0.25) is 5.91 Å². The van der Waals surface area contributed by atoms with Crippen molar-refractivity contribution in [1.82, 2.24) is 9.88 Å². The van der Waals surface area contributed by atoms with Gasteiger partial charge in [-0.3, -0.25) is 9.69 Å². The first-order chi connectivity index (χ1) is 14.2. The number of carbonyl (C=O) groups is 1. The molecule has 4 rings (SSSR count). The van der Waals surface area contributed by atoms with Crippen LogP contribution in [0.25, 0.3) is 20.8 Å². The molecule has 1 amide bonds. The van der Waals surface area contributed by atoms with Crippen LogP contribution in [0.5, 0.6) is 0 Å². The second-order valence-corrected chi connectivity index (χ2v) is 9.55. The van der Waals surface area contributed by atoms with E-state index < -0.39 is 11.7 Å². The Hall–Kier alpha value is -2.23. The predicted octanol–water partition coefficient (Wildman–Crippen LogP) is 5.93. The number of benzene rings is 1. The largest absolute Gasteiger partial charge is 0.416 e. The van der Waals surface area contributed by atoms with Crippen molar-refractivity contribution < 1.29 is 18.0 Å². The highest BCUT2D eigenvalue weighted by Crippen LogP contribution is 2.46. The monoisotopic (exact) mass is 451 g/mol. The number of hydrogen-bond acceptors (Lipinski definition) is 5. The number of hydrogen-bond donors (Lipinski definition) is 1. The zero-order chi connectivity index (χ0) is 21.6. The zero-order valence-electron chi connectivity index (χ0n) is 16.5. The molecule has 0 saturated heterocycles. The molecule has 0 bridgehead atoms. The lowest BCUT2D eigenvalue weighted by Gasteiger charge is -2.30. The Bertz CT molecular complexity index is 1130. The molecule has 1 aliphatic heterocycles. The summed E-state index contributed by atoms with van der Waals surface area (Å²) in [5.41, 5.74) is 1.53. The van der Waals surface area contributed by atoms with E-state index in [0.29, 0.717) is 26.3 Å². The van der Waals surface area contributed by atoms with Gasteiger partial charge in [-0.25, -0.2) is 4.98 Å². The maximum Gasteiger partial charge on any atom is 0.416 e. The Labute approximate surface area is 180 Å². The fourth-order valence-electron chi connectivity index (χ4n) is 3.55. The number of amides is 1. The van der Waals surface area contributed by atoms with Gasteiger partial charge >= 0.3 is 6.18 Å². The molecule has 0 atom stereocenters. The van der Waals surface area contributed by atoms with Crippen LogP contribution >= 0.6 is 22.7 Å². The first kappa shape index (κ1) is 21.0. The van der Waals surface area contributed by atoms with E-state index in [4.69, 9.17) is 0 Å². The Kier molecular flexibility index (Phi) is 5.46. The van der Waals surface area contributed by atoms with Gasteiger partial charge in [0.1, 0.15) is 10.0 Å². The van der Waals surface area contributed by atoms with Crippen LogP contribution in [-0.2, 0) is 23.9 Å². The van der Waals surface area contributed by atoms with Gasteiger partial charge in [-0.1, -0.05) is 6.58 Å². The number of aromatic nitrogens is 1. The van der Waals surface area contributed by atoms with Crippen molar-refractivity contribution in [3.63, 3.8) is 0 Å². The number of thiophene rings is 1. The van der Waals surface area contributed by atoms with Crippen LogP contribution in [-0.4, -0.2) is 28.4 Å². The van der Waals surface area contributed by atoms with Crippen LogP contribution in [0.2, 0.25) is 0 Å². The lowest BCUT2D eigenvalue weighted by atomic mass is 10.0. The van der Waals surface area contributed by atoms with E-state index in [0.717, 1.165) is 47.6 Å². The molecule has 1 aromatic carbocycles. The molecule has 0 unspecified atom stereocenters. The number of carbonyl (C=O) groups excluding carboxylic acids is 1. The average Bonchev–Trinajstić information content (AvgIpc) is 3.25. The molecular weight excluding hydrogens is 431 g/mol. The van der Waals surface area contributed by atoms with Gasteiger partial charge in [0, 0.05) is 29.6 Å². The minimum atomic E-state index is -4.41. The average molecular weight is 452 g/mol. The minimum Gasteiger partial charge on any atom is -0.314 e. The van der Waals surface area contributed by atoms with E-state index in [2.05, 4.69) is 35.6 Å². The van der Waals surface area contributed by atoms with E-state index in [9.17, 15) is 18.0 Å². The topological polar surface area (TPSA) is 45.2 Å². The number of thiazole rings is 1. The normalized spacial score (nSPS) is 14.9. The molecule has 0 aliphatic carbocycles. The van der Waals surface area contributed by atoms with Gasteiger partial charge in [-0.2, -0.15) is 13.2 Å². The van der Waals surface area contributed by atoms with Crippen molar-refractivity contribution in [1.29, 1.82) is 0 Å². The Morgan fingerprint density at radius 3 is 2.77 bits per heavy atom. The summed E-state index contributed by atoms with van der Waals surface area (Å²) >= 11 is 2.84. The van der Waals surface area contributed by atoms with Crippen molar-refractivity contribution in [2.24, 2.45) is 0 Å². The molecular formula is C21H20F3N3OS2. The molecule has 4 nitrogen and oxygen atoms in total. The summed E-state index contributed by atoms with van der Waals surface area (Å²) in [5, 5.41) is 4.17. The molecule has 1 N–H and O–H groups in total. The van der Waals surface area contributed by atoms with Gasteiger partial charge < -0.3 is 5.32 Å². The predicted molar refractivity (Wildman–Crippen MR) is 116 cm³/mol. The molecule has 1 aliphatic rings. The summed E-state index contributed by atoms with van der Waals surface area (Å²) in [6, 6.07) is 4.02. The van der Waals surface area contributed by atoms with Gasteiger partial charge in [0.05, 0.1) is 15.8 Å². The van der Waals surface area contributed by atoms with Crippen LogP contribution in [0.4, 0.5) is 18.2 Å². The van der Waals surface area contributed by atoms with Gasteiger partial charge in [0.25, 0.3) is 0 Å². The Morgan fingerprint density at radius 1 is 1.33 bits per heavy atom. The summed E-state index contributed by atoms with van der Waals surface area (Å²) in [4.78, 5) is 20.0. The summed E-state index contributed by atoms with van der Waals surface area (Å²) in [5.74, 6) is -0.323. The van der Waals surface area contributed by atoms with Crippen molar-refractivity contribution >= 4 is 43.8 Å². The first-order valence-corrected chi connectivity index (χ1v) is 11.1. The molecule has 30 heavy (non-hydrogen) atoms. The molecule has 3 aromatic rings. The second kappa shape index (κ2) is 7.79. The first-order valence-electron chi connectivity index (χ1n) is 9.47. The molecule has 2 aromatic heterocycles. The fraction of sp³-hybridized carbons (Fsp3) is 0.333. The molecule has 0 fully saturated rings. The van der Waals surface area contributed by atoms with Crippen LogP contribution in [0.15, 0.2) is 30.9 Å². The molecule has 0 saturated carbocycles. The number of alkyl halides is 3. The fourth-order valence-corrected chi connectivity index (χ4v) is 5.92. The SMILES string of the molecule is C=CC(=O)Nc1sc2c(c1-c1nc3cc(C(F)(F)F)ccc3s1)CCN(C(C)C)C2. The maximum atomic E-state index is 13.1. The standard InChI is InChI=1S/C21H20F3N3OS2/c1-4-17(28)26-20-18(13-7-8-27(11(2)3)10-16(13)30-20)19-25-14-9-12(21(22,23)24)5-6-15(14)29-19/h4-6,9,11H,1,7-8,10H2,2-3H3,(H,26,28). The number of halogens is 3. The smallest absolute Gasteiger partial charge is 0.314 e.